The molecule has 3 rings (SSSR count). The third-order valence-electron chi connectivity index (χ3n) is 23.2. The summed E-state index contributed by atoms with van der Waals surface area (Å²) in [5.74, 6) is -0.283. The molecule has 3 aliphatic rings. The van der Waals surface area contributed by atoms with Gasteiger partial charge in [-0.05, 0) is 83.5 Å². The van der Waals surface area contributed by atoms with E-state index in [0.717, 1.165) is 57.8 Å². The molecule has 0 radical (unpaired) electrons. The van der Waals surface area contributed by atoms with Crippen molar-refractivity contribution in [1.82, 2.24) is 5.32 Å². The smallest absolute Gasteiger partial charge is 0.220 e. The summed E-state index contributed by atoms with van der Waals surface area (Å²) in [7, 11) is 0. The standard InChI is InChI=1S/C95H173NO18/c1-3-5-7-9-11-13-15-17-19-21-23-25-27-29-31-33-35-36-37-38-39-40-41-42-43-45-47-49-51-53-55-57-59-61-63-65-67-69-71-73-83(101)96-78(79(100)72-70-68-66-64-62-60-58-56-54-52-50-48-46-44-34-32-30-28-26-24-22-20-18-16-14-12-10-8-6-4-2)77-109-93-89(107)86(104)91(81(75-98)111-93)114-95-90(108)87(105)92(82(76-99)112-95)113-94-88(106)85(103)84(102)80(74-97)110-94/h15,17,21,23,27,29,54,56,62,64,70,72,78-82,84-95,97-100,102-108H,3-14,16,18-20,22,24-26,28,30-53,55,57-61,63,65-69,71,73-77H2,1-2H3,(H,96,101)/b17-15-,23-21-,29-27-,56-54+,64-62+,72-70+. The van der Waals surface area contributed by atoms with Crippen molar-refractivity contribution in [2.24, 2.45) is 0 Å². The normalized spacial score (nSPS) is 25.0. The molecule has 0 bridgehead atoms. The number of ether oxygens (including phenoxy) is 6. The summed E-state index contributed by atoms with van der Waals surface area (Å²) in [4.78, 5) is 13.5. The van der Waals surface area contributed by atoms with Gasteiger partial charge in [0.2, 0.25) is 5.91 Å². The number of nitrogens with one attached hydrogen (secondary N) is 1. The predicted molar refractivity (Wildman–Crippen MR) is 462 cm³/mol. The lowest BCUT2D eigenvalue weighted by Gasteiger charge is -2.48. The Morgan fingerprint density at radius 1 is 0.316 bits per heavy atom. The Morgan fingerprint density at radius 2 is 0.588 bits per heavy atom. The molecule has 17 unspecified atom stereocenters. The van der Waals surface area contributed by atoms with Crippen molar-refractivity contribution in [1.29, 1.82) is 0 Å². The number of carbonyl (C=O) groups excluding carboxylic acids is 1. The van der Waals surface area contributed by atoms with E-state index in [1.54, 1.807) is 6.08 Å². The number of rotatable bonds is 77. The van der Waals surface area contributed by atoms with Gasteiger partial charge in [-0.2, -0.15) is 0 Å². The zero-order valence-electron chi connectivity index (χ0n) is 72.1. The number of amides is 1. The number of hydrogen-bond acceptors (Lipinski definition) is 18. The van der Waals surface area contributed by atoms with Gasteiger partial charge in [-0.15, -0.1) is 0 Å². The summed E-state index contributed by atoms with van der Waals surface area (Å²) >= 11 is 0. The second kappa shape index (κ2) is 74.1. The lowest BCUT2D eigenvalue weighted by atomic mass is 9.96. The molecule has 0 spiro atoms. The van der Waals surface area contributed by atoms with Gasteiger partial charge in [0.15, 0.2) is 18.9 Å². The maximum absolute atomic E-state index is 13.5. The van der Waals surface area contributed by atoms with Crippen molar-refractivity contribution in [3.63, 3.8) is 0 Å². The number of unbranched alkanes of at least 4 members (excludes halogenated alkanes) is 51. The van der Waals surface area contributed by atoms with Gasteiger partial charge in [-0.3, -0.25) is 4.79 Å². The van der Waals surface area contributed by atoms with E-state index >= 15 is 0 Å². The first kappa shape index (κ1) is 105. The molecule has 0 aromatic rings. The van der Waals surface area contributed by atoms with Crippen LogP contribution >= 0.6 is 0 Å². The number of aliphatic hydroxyl groups excluding tert-OH is 11. The van der Waals surface area contributed by atoms with Gasteiger partial charge in [-0.25, -0.2) is 0 Å². The van der Waals surface area contributed by atoms with E-state index in [4.69, 9.17) is 28.4 Å². The van der Waals surface area contributed by atoms with E-state index in [0.29, 0.717) is 12.8 Å². The number of aliphatic hydroxyl groups is 11. The summed E-state index contributed by atoms with van der Waals surface area (Å²) in [5, 5.41) is 121. The van der Waals surface area contributed by atoms with E-state index in [-0.39, 0.29) is 18.9 Å². The Bertz CT molecular complexity index is 2340. The Hall–Kier alpha value is -2.77. The van der Waals surface area contributed by atoms with Crippen LogP contribution in [-0.2, 0) is 33.2 Å². The average Bonchev–Trinajstić information content (AvgIpc) is 0.783. The maximum atomic E-state index is 13.5. The minimum atomic E-state index is -1.99. The highest BCUT2D eigenvalue weighted by Gasteiger charge is 2.54. The fourth-order valence-electron chi connectivity index (χ4n) is 15.7. The van der Waals surface area contributed by atoms with E-state index < -0.39 is 124 Å². The van der Waals surface area contributed by atoms with Crippen LogP contribution < -0.4 is 5.32 Å². The van der Waals surface area contributed by atoms with Crippen LogP contribution in [-0.4, -0.2) is 193 Å². The average molecular weight is 1620 g/mol. The molecule has 3 saturated heterocycles. The van der Waals surface area contributed by atoms with Crippen molar-refractivity contribution in [3.05, 3.63) is 72.9 Å². The van der Waals surface area contributed by atoms with Crippen molar-refractivity contribution in [2.75, 3.05) is 26.4 Å². The fraction of sp³-hybridized carbons (Fsp3) is 0.863. The largest absolute Gasteiger partial charge is 0.394 e. The van der Waals surface area contributed by atoms with Gasteiger partial charge < -0.3 is 89.9 Å². The highest BCUT2D eigenvalue weighted by Crippen LogP contribution is 2.34. The zero-order valence-corrected chi connectivity index (χ0v) is 72.1. The Labute approximate surface area is 693 Å². The number of carbonyl (C=O) groups is 1. The van der Waals surface area contributed by atoms with Crippen LogP contribution in [0.15, 0.2) is 72.9 Å². The predicted octanol–water partition coefficient (Wildman–Crippen LogP) is 18.7. The van der Waals surface area contributed by atoms with Crippen LogP contribution in [0.2, 0.25) is 0 Å². The summed E-state index contributed by atoms with van der Waals surface area (Å²) in [5.41, 5.74) is 0. The fourth-order valence-corrected chi connectivity index (χ4v) is 15.7. The molecule has 3 fully saturated rings. The summed E-state index contributed by atoms with van der Waals surface area (Å²) in [6.07, 6.45) is 73.6. The van der Waals surface area contributed by atoms with Gasteiger partial charge >= 0.3 is 0 Å². The number of allylic oxidation sites excluding steroid dienone is 11. The lowest BCUT2D eigenvalue weighted by Crippen LogP contribution is -2.66. The lowest BCUT2D eigenvalue weighted by molar-refractivity contribution is -0.379. The van der Waals surface area contributed by atoms with Crippen molar-refractivity contribution < 1.29 is 89.4 Å². The van der Waals surface area contributed by atoms with E-state index in [1.165, 1.54) is 302 Å². The quantitative estimate of drug-likeness (QED) is 0.0199. The molecule has 0 aromatic heterocycles. The minimum Gasteiger partial charge on any atom is -0.394 e. The molecule has 3 heterocycles. The molecule has 0 saturated carbocycles. The van der Waals surface area contributed by atoms with Gasteiger partial charge in [0.25, 0.3) is 0 Å². The monoisotopic (exact) mass is 1620 g/mol. The minimum absolute atomic E-state index is 0.233. The first-order chi connectivity index (χ1) is 55.8. The highest BCUT2D eigenvalue weighted by molar-refractivity contribution is 5.76. The van der Waals surface area contributed by atoms with Crippen LogP contribution in [0.3, 0.4) is 0 Å². The van der Waals surface area contributed by atoms with Gasteiger partial charge in [-0.1, -0.05) is 376 Å². The molecule has 19 nitrogen and oxygen atoms in total. The van der Waals surface area contributed by atoms with Crippen molar-refractivity contribution in [2.45, 2.75) is 497 Å². The molecular formula is C95H173NO18. The molecule has 17 atom stereocenters. The molecule has 0 aromatic carbocycles. The first-order valence-electron chi connectivity index (χ1n) is 47.2. The van der Waals surface area contributed by atoms with E-state index in [1.807, 2.05) is 6.08 Å². The highest BCUT2D eigenvalue weighted by atomic mass is 16.8. The summed E-state index contributed by atoms with van der Waals surface area (Å²) in [6, 6.07) is -1.00. The zero-order chi connectivity index (χ0) is 82.4. The van der Waals surface area contributed by atoms with Crippen LogP contribution in [0.5, 0.6) is 0 Å². The molecule has 12 N–H and O–H groups in total. The van der Waals surface area contributed by atoms with E-state index in [9.17, 15) is 61.0 Å². The summed E-state index contributed by atoms with van der Waals surface area (Å²) in [6.45, 7) is 1.76. The molecule has 0 aliphatic carbocycles. The summed E-state index contributed by atoms with van der Waals surface area (Å²) < 4.78 is 34.5. The van der Waals surface area contributed by atoms with Crippen LogP contribution in [0.25, 0.3) is 0 Å². The van der Waals surface area contributed by atoms with Crippen LogP contribution in [0, 0.1) is 0 Å². The van der Waals surface area contributed by atoms with Gasteiger partial charge in [0.05, 0.1) is 38.6 Å². The Kier molecular flexibility index (Phi) is 68.5. The molecule has 1 amide bonds. The third kappa shape index (κ3) is 51.8. The molecule has 666 valence electrons. The van der Waals surface area contributed by atoms with Crippen molar-refractivity contribution in [3.8, 4) is 0 Å². The van der Waals surface area contributed by atoms with Crippen LogP contribution in [0.1, 0.15) is 393 Å². The second-order valence-electron chi connectivity index (χ2n) is 33.5. The van der Waals surface area contributed by atoms with Crippen molar-refractivity contribution >= 4 is 5.91 Å². The first-order valence-corrected chi connectivity index (χ1v) is 47.2. The van der Waals surface area contributed by atoms with Gasteiger partial charge in [0.1, 0.15) is 73.2 Å². The molecule has 3 aliphatic heterocycles. The molecular weight excluding hydrogens is 1440 g/mol. The SMILES string of the molecule is CCCCCCC/C=C\C/C=C\C/C=C\CCCCCCCCCCCCCCCCCCCCCCCCCCC(=O)NC(COC1OC(CO)C(OC2OC(CO)C(OC3OC(CO)C(O)C(O)C3O)C(O)C2O)C(O)C1O)C(O)/C=C/CC/C=C/CC/C=C/CCCCCCCCCCCCCCCCCCCCCC. The Balaban J connectivity index is 1.31. The molecule has 19 heteroatoms. The third-order valence-corrected chi connectivity index (χ3v) is 23.2. The topological polar surface area (TPSA) is 307 Å². The van der Waals surface area contributed by atoms with Gasteiger partial charge in [0, 0.05) is 6.42 Å². The number of hydrogen-bond donors (Lipinski definition) is 12. The maximum Gasteiger partial charge on any atom is 0.220 e. The van der Waals surface area contributed by atoms with Crippen LogP contribution in [0.4, 0.5) is 0 Å². The van der Waals surface area contributed by atoms with E-state index in [2.05, 4.69) is 79.9 Å². The molecule has 114 heavy (non-hydrogen) atoms. The Morgan fingerprint density at radius 3 is 0.939 bits per heavy atom. The second-order valence-corrected chi connectivity index (χ2v) is 33.5.